The van der Waals surface area contributed by atoms with Crippen molar-refractivity contribution in [2.75, 3.05) is 0 Å². The summed E-state index contributed by atoms with van der Waals surface area (Å²) < 4.78 is 0. The number of aromatic nitrogens is 3. The zero-order valence-electron chi connectivity index (χ0n) is 34.3. The van der Waals surface area contributed by atoms with Gasteiger partial charge in [0, 0.05) is 22.1 Å². The molecule has 1 spiro atoms. The van der Waals surface area contributed by atoms with E-state index < -0.39 is 0 Å². The van der Waals surface area contributed by atoms with Crippen LogP contribution in [0.5, 0.6) is 0 Å². The van der Waals surface area contributed by atoms with Crippen LogP contribution < -0.4 is 0 Å². The van der Waals surface area contributed by atoms with E-state index in [1.807, 2.05) is 42.5 Å². The minimum Gasteiger partial charge on any atom is -0.238 e. The molecule has 62 heavy (non-hydrogen) atoms. The molecular weight excluding hydrogens is 753 g/mol. The van der Waals surface area contributed by atoms with Gasteiger partial charge in [-0.05, 0) is 97.8 Å². The molecular formula is C58H42N4. The molecule has 294 valence electrons. The Hall–Kier alpha value is -7.74. The average molecular weight is 795 g/mol. The van der Waals surface area contributed by atoms with Gasteiger partial charge >= 0.3 is 0 Å². The number of hydrogen-bond donors (Lipinski definition) is 0. The maximum absolute atomic E-state index is 7.71. The van der Waals surface area contributed by atoms with Gasteiger partial charge in [-0.25, -0.2) is 19.8 Å². The zero-order chi connectivity index (χ0) is 41.5. The second-order valence-corrected chi connectivity index (χ2v) is 16.6. The Bertz CT molecular complexity index is 3140. The van der Waals surface area contributed by atoms with Crippen LogP contribution in [0.3, 0.4) is 0 Å². The van der Waals surface area contributed by atoms with Crippen LogP contribution in [0.15, 0.2) is 194 Å². The number of hydrogen-bond acceptors (Lipinski definition) is 3. The molecule has 0 bridgehead atoms. The molecule has 1 heterocycles. The van der Waals surface area contributed by atoms with Crippen LogP contribution in [-0.2, 0) is 5.41 Å². The molecule has 11 rings (SSSR count). The van der Waals surface area contributed by atoms with E-state index in [9.17, 15) is 0 Å². The van der Waals surface area contributed by atoms with Gasteiger partial charge in [0.25, 0.3) is 0 Å². The molecule has 2 aliphatic rings. The number of fused-ring (bicyclic) bond motifs is 5. The predicted molar refractivity (Wildman–Crippen MR) is 253 cm³/mol. The molecule has 0 radical (unpaired) electrons. The fourth-order valence-corrected chi connectivity index (χ4v) is 9.79. The molecule has 8 aromatic carbocycles. The van der Waals surface area contributed by atoms with Gasteiger partial charge < -0.3 is 0 Å². The van der Waals surface area contributed by atoms with Crippen molar-refractivity contribution in [3.63, 3.8) is 0 Å². The van der Waals surface area contributed by atoms with E-state index in [1.165, 1.54) is 69.3 Å². The maximum atomic E-state index is 7.71. The highest BCUT2D eigenvalue weighted by molar-refractivity contribution is 5.86. The highest BCUT2D eigenvalue weighted by atomic mass is 15.0. The number of nitrogens with zero attached hydrogens (tertiary/aromatic N) is 4. The van der Waals surface area contributed by atoms with Gasteiger partial charge in [0.05, 0.1) is 6.57 Å². The first-order valence-corrected chi connectivity index (χ1v) is 21.6. The van der Waals surface area contributed by atoms with Gasteiger partial charge in [-0.2, -0.15) is 0 Å². The summed E-state index contributed by atoms with van der Waals surface area (Å²) in [5, 5.41) is 0. The van der Waals surface area contributed by atoms with E-state index in [0.29, 0.717) is 17.5 Å². The second-order valence-electron chi connectivity index (χ2n) is 16.6. The Balaban J connectivity index is 0.890. The van der Waals surface area contributed by atoms with Crippen LogP contribution >= 0.6 is 0 Å². The predicted octanol–water partition coefficient (Wildman–Crippen LogP) is 15.3. The Labute approximate surface area is 363 Å². The molecule has 9 aromatic rings. The average Bonchev–Trinajstić information content (AvgIpc) is 3.61. The first-order chi connectivity index (χ1) is 30.6. The van der Waals surface area contributed by atoms with Crippen LogP contribution in [0.25, 0.3) is 94.6 Å². The Morgan fingerprint density at radius 2 is 0.726 bits per heavy atom. The van der Waals surface area contributed by atoms with Gasteiger partial charge in [0.1, 0.15) is 0 Å². The zero-order valence-corrected chi connectivity index (χ0v) is 34.3. The first kappa shape index (κ1) is 37.3. The monoisotopic (exact) mass is 794 g/mol. The third-order valence-electron chi connectivity index (χ3n) is 13.0. The first-order valence-electron chi connectivity index (χ1n) is 21.6. The summed E-state index contributed by atoms with van der Waals surface area (Å²) in [5.74, 6) is 1.91. The molecule has 4 nitrogen and oxygen atoms in total. The van der Waals surface area contributed by atoms with Crippen LogP contribution in [0, 0.1) is 6.57 Å². The van der Waals surface area contributed by atoms with E-state index in [2.05, 4.69) is 157 Å². The molecule has 2 aliphatic carbocycles. The third-order valence-corrected chi connectivity index (χ3v) is 13.0. The van der Waals surface area contributed by atoms with Gasteiger partial charge in [-0.15, -0.1) is 0 Å². The highest BCUT2D eigenvalue weighted by Crippen LogP contribution is 2.57. The van der Waals surface area contributed by atoms with Gasteiger partial charge in [-0.1, -0.05) is 195 Å². The minimum absolute atomic E-state index is 0.00450. The summed E-state index contributed by atoms with van der Waals surface area (Å²) in [6.45, 7) is 7.71. The second kappa shape index (κ2) is 15.7. The normalized spacial score (nSPS) is 13.6. The third kappa shape index (κ3) is 6.79. The summed E-state index contributed by atoms with van der Waals surface area (Å²) in [5.41, 5.74) is 18.3. The van der Waals surface area contributed by atoms with Crippen molar-refractivity contribution in [2.45, 2.75) is 37.5 Å². The lowest BCUT2D eigenvalue weighted by molar-refractivity contribution is 0.353. The fourth-order valence-electron chi connectivity index (χ4n) is 9.79. The topological polar surface area (TPSA) is 43.0 Å². The van der Waals surface area contributed by atoms with E-state index in [0.717, 1.165) is 51.9 Å². The lowest BCUT2D eigenvalue weighted by Crippen LogP contribution is -2.28. The minimum atomic E-state index is -0.00450. The molecule has 1 fully saturated rings. The molecule has 0 saturated heterocycles. The number of benzene rings is 8. The van der Waals surface area contributed by atoms with Crippen molar-refractivity contribution in [1.29, 1.82) is 0 Å². The number of rotatable bonds is 7. The summed E-state index contributed by atoms with van der Waals surface area (Å²) in [6, 6.07) is 68.6. The van der Waals surface area contributed by atoms with Crippen LogP contribution in [-0.4, -0.2) is 15.0 Å². The van der Waals surface area contributed by atoms with Crippen molar-refractivity contribution >= 4 is 5.69 Å². The molecule has 0 amide bonds. The summed E-state index contributed by atoms with van der Waals surface area (Å²) in [6.07, 6.45) is 6.01. The van der Waals surface area contributed by atoms with E-state index >= 15 is 0 Å². The van der Waals surface area contributed by atoms with Crippen LogP contribution in [0.4, 0.5) is 5.69 Å². The Morgan fingerprint density at radius 3 is 1.32 bits per heavy atom. The van der Waals surface area contributed by atoms with Crippen molar-refractivity contribution in [3.8, 4) is 89.8 Å². The SMILES string of the molecule is [C-]#[N+]c1ccc2c(c1)C1(CCCCC1)c1cc(-c3cccc(-c4ccc(-c5cccc(-c6nc(-c7ccccc7)nc(-c7ccc(-c8ccccc8)cc7)n6)c5)cc4)c3)ccc1-2. The quantitative estimate of drug-likeness (QED) is 0.151. The Kier molecular flexibility index (Phi) is 9.44. The van der Waals surface area contributed by atoms with Crippen molar-refractivity contribution in [3.05, 3.63) is 217 Å². The van der Waals surface area contributed by atoms with Crippen molar-refractivity contribution in [2.24, 2.45) is 0 Å². The Morgan fingerprint density at radius 1 is 0.339 bits per heavy atom. The fraction of sp³-hybridized carbons (Fsp3) is 0.103. The summed E-state index contributed by atoms with van der Waals surface area (Å²) >= 11 is 0. The summed E-state index contributed by atoms with van der Waals surface area (Å²) in [4.78, 5) is 18.8. The largest absolute Gasteiger partial charge is 0.238 e. The maximum Gasteiger partial charge on any atom is 0.187 e. The van der Waals surface area contributed by atoms with Gasteiger partial charge in [-0.3, -0.25) is 0 Å². The van der Waals surface area contributed by atoms with Crippen molar-refractivity contribution in [1.82, 2.24) is 15.0 Å². The van der Waals surface area contributed by atoms with E-state index in [-0.39, 0.29) is 5.41 Å². The van der Waals surface area contributed by atoms with Crippen molar-refractivity contribution < 1.29 is 0 Å². The van der Waals surface area contributed by atoms with Gasteiger partial charge in [0.15, 0.2) is 23.2 Å². The molecule has 0 N–H and O–H groups in total. The molecule has 0 atom stereocenters. The van der Waals surface area contributed by atoms with E-state index in [4.69, 9.17) is 21.5 Å². The lowest BCUT2D eigenvalue weighted by atomic mass is 9.67. The van der Waals surface area contributed by atoms with Crippen LogP contribution in [0.2, 0.25) is 0 Å². The smallest absolute Gasteiger partial charge is 0.187 e. The standard InChI is InChI=1S/C58H42N4/c1-59-50-30-32-52-51-31-29-48(37-53(51)58(54(52)38-50)33-9-4-10-34-58)47-19-11-17-45(35-47)41-21-23-42(24-22-41)46-18-12-20-49(36-46)57-61-55(43-15-7-3-8-16-43)60-56(62-57)44-27-25-40(26-28-44)39-13-5-2-6-14-39/h2-3,5-8,11-32,35-38H,4,9-10,33-34H2. The molecule has 4 heteroatoms. The van der Waals surface area contributed by atoms with Crippen LogP contribution in [0.1, 0.15) is 43.2 Å². The molecule has 0 aliphatic heterocycles. The molecule has 0 unspecified atom stereocenters. The summed E-state index contributed by atoms with van der Waals surface area (Å²) in [7, 11) is 0. The molecule has 1 aromatic heterocycles. The highest BCUT2D eigenvalue weighted by Gasteiger charge is 2.43. The molecule has 1 saturated carbocycles. The lowest BCUT2D eigenvalue weighted by Gasteiger charge is -2.36. The van der Waals surface area contributed by atoms with E-state index in [1.54, 1.807) is 0 Å². The van der Waals surface area contributed by atoms with Gasteiger partial charge in [0.2, 0.25) is 0 Å².